The van der Waals surface area contributed by atoms with Crippen LogP contribution in [0.5, 0.6) is 33.4 Å². The third-order valence-corrected chi connectivity index (χ3v) is 10.8. The second kappa shape index (κ2) is 16.5. The van der Waals surface area contributed by atoms with E-state index in [1.54, 1.807) is 13.1 Å². The Morgan fingerprint density at radius 2 is 1.41 bits per heavy atom. The molecule has 2 atom stereocenters. The number of hydrogen-bond acceptors (Lipinski definition) is 13. The Morgan fingerprint density at radius 1 is 0.741 bits per heavy atom. The average Bonchev–Trinajstić information content (AvgIpc) is 3.83. The highest BCUT2D eigenvalue weighted by molar-refractivity contribution is 7.15. The van der Waals surface area contributed by atoms with Crippen molar-refractivity contribution in [1.82, 2.24) is 15.0 Å². The van der Waals surface area contributed by atoms with Gasteiger partial charge in [-0.05, 0) is 104 Å². The van der Waals surface area contributed by atoms with Gasteiger partial charge in [-0.1, -0.05) is 53.0 Å². The smallest absolute Gasteiger partial charge is 0.350 e. The molecule has 8 rings (SSSR count). The minimum atomic E-state index is -0.419. The van der Waals surface area contributed by atoms with E-state index in [0.29, 0.717) is 37.3 Å². The lowest BCUT2D eigenvalue weighted by Gasteiger charge is -2.27. The molecule has 0 N–H and O–H groups in total. The molecule has 3 aromatic heterocycles. The predicted octanol–water partition coefficient (Wildman–Crippen LogP) is 9.59. The van der Waals surface area contributed by atoms with Crippen LogP contribution in [0.25, 0.3) is 0 Å². The van der Waals surface area contributed by atoms with Crippen LogP contribution in [-0.4, -0.2) is 41.1 Å². The number of carbonyl (C=O) groups is 2. The average molecular weight is 764 g/mol. The Morgan fingerprint density at radius 3 is 2.07 bits per heavy atom. The first-order valence-corrected chi connectivity index (χ1v) is 18.9. The van der Waals surface area contributed by atoms with Crippen molar-refractivity contribution in [1.29, 1.82) is 0 Å². The van der Waals surface area contributed by atoms with E-state index < -0.39 is 11.9 Å². The summed E-state index contributed by atoms with van der Waals surface area (Å²) in [5, 5.41) is 0.822. The number of fused-ring (bicyclic) bond motifs is 2. The van der Waals surface area contributed by atoms with Crippen molar-refractivity contribution in [2.75, 3.05) is 14.2 Å². The Kier molecular flexibility index (Phi) is 11.2. The molecule has 0 saturated heterocycles. The fourth-order valence-corrected chi connectivity index (χ4v) is 7.78. The van der Waals surface area contributed by atoms with Crippen LogP contribution in [-0.2, 0) is 22.3 Å². The minimum absolute atomic E-state index is 0.0181. The van der Waals surface area contributed by atoms with E-state index in [2.05, 4.69) is 44.8 Å². The minimum Gasteiger partial charge on any atom is -0.485 e. The van der Waals surface area contributed by atoms with Crippen molar-refractivity contribution in [2.24, 2.45) is 0 Å². The predicted molar refractivity (Wildman–Crippen MR) is 203 cm³/mol. The van der Waals surface area contributed by atoms with E-state index in [0.717, 1.165) is 65.2 Å². The van der Waals surface area contributed by atoms with Gasteiger partial charge in [0.2, 0.25) is 0 Å². The topological polar surface area (TPSA) is 128 Å². The maximum atomic E-state index is 11.7. The zero-order valence-electron chi connectivity index (χ0n) is 30.1. The third kappa shape index (κ3) is 8.37. The standard InChI is InChI=1S/C22H21NO4S.C19H16N2O4S/c1-13-6-4-5-7-17(13)19-10-8-15-12-16(9-11-18(15)27-19)26-22-23-14(2)20(28-22)21(24)25-3;1-23-18(22)17-11-21-19(26-17)24-14-5-7-15-12(9-14)4-6-16(25-15)13-3-2-8-20-10-13/h4-7,9,11-12,19H,8,10H2,1-3H3;2-3,5,7-11,16H,4,6H2,1H3. The summed E-state index contributed by atoms with van der Waals surface area (Å²) in [6.07, 6.45) is 8.74. The first-order valence-electron chi connectivity index (χ1n) is 17.3. The zero-order valence-corrected chi connectivity index (χ0v) is 31.7. The van der Waals surface area contributed by atoms with Crippen molar-refractivity contribution in [3.63, 3.8) is 0 Å². The van der Waals surface area contributed by atoms with Gasteiger partial charge in [0.15, 0.2) is 0 Å². The summed E-state index contributed by atoms with van der Waals surface area (Å²) in [6.45, 7) is 3.88. The number of aromatic nitrogens is 3. The quantitative estimate of drug-likeness (QED) is 0.138. The molecule has 2 aliphatic heterocycles. The van der Waals surface area contributed by atoms with Crippen molar-refractivity contribution in [3.8, 4) is 33.4 Å². The molecule has 5 heterocycles. The third-order valence-electron chi connectivity index (χ3n) is 8.97. The van der Waals surface area contributed by atoms with Crippen LogP contribution >= 0.6 is 22.7 Å². The van der Waals surface area contributed by atoms with Crippen LogP contribution in [0, 0.1) is 13.8 Å². The summed E-state index contributed by atoms with van der Waals surface area (Å²) in [5.41, 5.74) is 6.38. The van der Waals surface area contributed by atoms with Gasteiger partial charge in [-0.25, -0.2) is 19.6 Å². The maximum absolute atomic E-state index is 11.7. The summed E-state index contributed by atoms with van der Waals surface area (Å²) in [5.74, 6) is 2.27. The van der Waals surface area contributed by atoms with E-state index in [1.165, 1.54) is 42.9 Å². The van der Waals surface area contributed by atoms with E-state index in [9.17, 15) is 9.59 Å². The lowest BCUT2D eigenvalue weighted by atomic mass is 9.95. The fraction of sp³-hybridized carbons (Fsp3) is 0.244. The van der Waals surface area contributed by atoms with Crippen LogP contribution < -0.4 is 18.9 Å². The first-order chi connectivity index (χ1) is 26.3. The van der Waals surface area contributed by atoms with Gasteiger partial charge in [0.1, 0.15) is 45.0 Å². The van der Waals surface area contributed by atoms with Crippen molar-refractivity contribution >= 4 is 34.6 Å². The zero-order chi connectivity index (χ0) is 37.6. The molecular formula is C41H37N3O8S2. The Hall–Kier alpha value is -5.79. The molecule has 0 spiro atoms. The van der Waals surface area contributed by atoms with Gasteiger partial charge in [-0.15, -0.1) is 0 Å². The summed E-state index contributed by atoms with van der Waals surface area (Å²) in [7, 11) is 2.69. The van der Waals surface area contributed by atoms with Crippen molar-refractivity contribution in [2.45, 2.75) is 51.7 Å². The number of esters is 2. The van der Waals surface area contributed by atoms with Gasteiger partial charge in [0.25, 0.3) is 10.4 Å². The Bertz CT molecular complexity index is 2270. The van der Waals surface area contributed by atoms with Crippen LogP contribution in [0.15, 0.2) is 91.4 Å². The SMILES string of the molecule is COC(=O)c1cnc(Oc2ccc3c(c2)CCC(c2cccnc2)O3)s1.COC(=O)c1sc(Oc2ccc3c(c2)CCC(c2ccccc2C)O3)nc1C. The first kappa shape index (κ1) is 36.6. The molecule has 0 aliphatic carbocycles. The van der Waals surface area contributed by atoms with Gasteiger partial charge in [-0.2, -0.15) is 0 Å². The van der Waals surface area contributed by atoms with E-state index in [-0.39, 0.29) is 12.2 Å². The Labute approximate surface area is 320 Å². The molecule has 0 fully saturated rings. The number of benzene rings is 3. The van der Waals surface area contributed by atoms with Gasteiger partial charge in [0.05, 0.1) is 26.1 Å². The van der Waals surface area contributed by atoms with Gasteiger partial charge in [0, 0.05) is 18.0 Å². The van der Waals surface area contributed by atoms with Gasteiger partial charge < -0.3 is 28.4 Å². The van der Waals surface area contributed by atoms with Crippen molar-refractivity contribution < 1.29 is 38.0 Å². The molecule has 276 valence electrons. The number of carbonyl (C=O) groups excluding carboxylic acids is 2. The van der Waals surface area contributed by atoms with Crippen molar-refractivity contribution in [3.05, 3.63) is 135 Å². The summed E-state index contributed by atoms with van der Waals surface area (Å²) in [6, 6.07) is 23.8. The van der Waals surface area contributed by atoms with Crippen LogP contribution in [0.2, 0.25) is 0 Å². The number of aryl methyl sites for hydroxylation is 4. The molecule has 2 unspecified atom stereocenters. The monoisotopic (exact) mass is 763 g/mol. The number of methoxy groups -OCH3 is 2. The summed E-state index contributed by atoms with van der Waals surface area (Å²) >= 11 is 2.33. The normalized spacial score (nSPS) is 15.6. The number of rotatable bonds is 8. The molecule has 6 aromatic rings. The van der Waals surface area contributed by atoms with E-state index in [4.69, 9.17) is 23.7 Å². The fourth-order valence-electron chi connectivity index (χ4n) is 6.22. The highest BCUT2D eigenvalue weighted by atomic mass is 32.1. The highest BCUT2D eigenvalue weighted by Crippen LogP contribution is 2.40. The number of thiazole rings is 2. The molecule has 0 saturated carbocycles. The second-order valence-electron chi connectivity index (χ2n) is 12.5. The lowest BCUT2D eigenvalue weighted by molar-refractivity contribution is 0.0596. The van der Waals surface area contributed by atoms with Crippen LogP contribution in [0.1, 0.15) is 77.9 Å². The molecule has 54 heavy (non-hydrogen) atoms. The largest absolute Gasteiger partial charge is 0.485 e. The second-order valence-corrected chi connectivity index (χ2v) is 14.5. The molecule has 0 radical (unpaired) electrons. The lowest BCUT2D eigenvalue weighted by Crippen LogP contribution is -2.16. The number of pyridine rings is 1. The Balaban J connectivity index is 0.000000167. The maximum Gasteiger partial charge on any atom is 0.350 e. The molecule has 0 bridgehead atoms. The van der Waals surface area contributed by atoms with E-state index in [1.807, 2.05) is 60.8 Å². The van der Waals surface area contributed by atoms with Gasteiger partial charge in [-0.3, -0.25) is 4.98 Å². The van der Waals surface area contributed by atoms with E-state index >= 15 is 0 Å². The molecule has 2 aliphatic rings. The molecular weight excluding hydrogens is 727 g/mol. The van der Waals surface area contributed by atoms with Crippen LogP contribution in [0.4, 0.5) is 0 Å². The molecule has 13 heteroatoms. The summed E-state index contributed by atoms with van der Waals surface area (Å²) in [4.78, 5) is 36.7. The molecule has 0 amide bonds. The molecule has 11 nitrogen and oxygen atoms in total. The molecule has 3 aromatic carbocycles. The summed E-state index contributed by atoms with van der Waals surface area (Å²) < 4.78 is 33.4. The number of nitrogens with zero attached hydrogens (tertiary/aromatic N) is 3. The van der Waals surface area contributed by atoms with Gasteiger partial charge >= 0.3 is 11.9 Å². The number of hydrogen-bond donors (Lipinski definition) is 0. The highest BCUT2D eigenvalue weighted by Gasteiger charge is 2.25. The van der Waals surface area contributed by atoms with Crippen LogP contribution in [0.3, 0.4) is 0 Å². The number of ether oxygens (including phenoxy) is 6.